The van der Waals surface area contributed by atoms with Crippen LogP contribution in [0, 0.1) is 0 Å². The Morgan fingerprint density at radius 1 is 1.57 bits per heavy atom. The number of hydrogen-bond donors (Lipinski definition) is 1. The maximum absolute atomic E-state index is 5.19. The molecule has 0 spiro atoms. The molecule has 0 saturated carbocycles. The molecule has 0 aromatic heterocycles. The molecule has 1 aliphatic heterocycles. The lowest BCUT2D eigenvalue weighted by atomic mass is 10.2. The average molecular weight is 274 g/mol. The van der Waals surface area contributed by atoms with Crippen molar-refractivity contribution >= 4 is 27.7 Å². The van der Waals surface area contributed by atoms with Crippen molar-refractivity contribution in [1.29, 1.82) is 0 Å². The molecule has 1 aliphatic rings. The maximum atomic E-state index is 5.19. The van der Waals surface area contributed by atoms with Crippen LogP contribution >= 0.6 is 27.7 Å². The van der Waals surface area contributed by atoms with Crippen LogP contribution in [0.5, 0.6) is 5.75 Å². The van der Waals surface area contributed by atoms with Gasteiger partial charge in [-0.15, -0.1) is 11.8 Å². The van der Waals surface area contributed by atoms with Gasteiger partial charge in [0.1, 0.15) is 5.75 Å². The summed E-state index contributed by atoms with van der Waals surface area (Å²) in [6.07, 6.45) is 0. The van der Waals surface area contributed by atoms with Gasteiger partial charge >= 0.3 is 0 Å². The Balaban J connectivity index is 2.23. The van der Waals surface area contributed by atoms with Crippen LogP contribution in [0.4, 0.5) is 0 Å². The van der Waals surface area contributed by atoms with Crippen LogP contribution in [-0.4, -0.2) is 19.4 Å². The van der Waals surface area contributed by atoms with Gasteiger partial charge in [-0.3, -0.25) is 0 Å². The maximum Gasteiger partial charge on any atom is 0.133 e. The molecule has 76 valence electrons. The van der Waals surface area contributed by atoms with Gasteiger partial charge < -0.3 is 10.1 Å². The third kappa shape index (κ3) is 2.07. The normalized spacial score (nSPS) is 21.1. The zero-order chi connectivity index (χ0) is 9.97. The Morgan fingerprint density at radius 2 is 2.43 bits per heavy atom. The van der Waals surface area contributed by atoms with Crippen molar-refractivity contribution in [3.05, 3.63) is 28.2 Å². The highest BCUT2D eigenvalue weighted by atomic mass is 79.9. The van der Waals surface area contributed by atoms with Crippen LogP contribution in [0.1, 0.15) is 10.9 Å². The van der Waals surface area contributed by atoms with Gasteiger partial charge in [0.25, 0.3) is 0 Å². The molecular weight excluding hydrogens is 262 g/mol. The van der Waals surface area contributed by atoms with E-state index in [1.54, 1.807) is 7.11 Å². The molecule has 2 rings (SSSR count). The topological polar surface area (TPSA) is 21.3 Å². The fraction of sp³-hybridized carbons (Fsp3) is 0.400. The molecule has 0 unspecified atom stereocenters. The SMILES string of the molecule is COc1ccc([C@H]2NCCS2)cc1Br. The second-order valence-electron chi connectivity index (χ2n) is 3.10. The summed E-state index contributed by atoms with van der Waals surface area (Å²) < 4.78 is 6.21. The first-order chi connectivity index (χ1) is 6.81. The highest BCUT2D eigenvalue weighted by Crippen LogP contribution is 2.34. The molecule has 1 aromatic rings. The summed E-state index contributed by atoms with van der Waals surface area (Å²) in [4.78, 5) is 0. The molecule has 0 bridgehead atoms. The van der Waals surface area contributed by atoms with Gasteiger partial charge in [-0.2, -0.15) is 0 Å². The van der Waals surface area contributed by atoms with Crippen LogP contribution in [0.15, 0.2) is 22.7 Å². The lowest BCUT2D eigenvalue weighted by Gasteiger charge is -2.11. The minimum absolute atomic E-state index is 0.442. The van der Waals surface area contributed by atoms with E-state index in [0.29, 0.717) is 5.37 Å². The summed E-state index contributed by atoms with van der Waals surface area (Å²) >= 11 is 5.44. The second kappa shape index (κ2) is 4.55. The lowest BCUT2D eigenvalue weighted by molar-refractivity contribution is 0.412. The number of hydrogen-bond acceptors (Lipinski definition) is 3. The van der Waals surface area contributed by atoms with E-state index in [1.807, 2.05) is 17.8 Å². The average Bonchev–Trinajstić information content (AvgIpc) is 2.70. The molecule has 1 heterocycles. The number of ether oxygens (including phenoxy) is 1. The molecule has 1 atom stereocenters. The molecule has 2 nitrogen and oxygen atoms in total. The summed E-state index contributed by atoms with van der Waals surface area (Å²) in [5.41, 5.74) is 1.31. The number of thioether (sulfide) groups is 1. The van der Waals surface area contributed by atoms with Gasteiger partial charge in [0.2, 0.25) is 0 Å². The van der Waals surface area contributed by atoms with E-state index in [0.717, 1.165) is 16.8 Å². The molecule has 1 aromatic carbocycles. The zero-order valence-corrected chi connectivity index (χ0v) is 10.3. The van der Waals surface area contributed by atoms with E-state index in [1.165, 1.54) is 11.3 Å². The Kier molecular flexibility index (Phi) is 3.36. The number of methoxy groups -OCH3 is 1. The number of rotatable bonds is 2. The third-order valence-corrected chi connectivity index (χ3v) is 4.03. The lowest BCUT2D eigenvalue weighted by Crippen LogP contribution is -2.11. The Labute approximate surface area is 96.5 Å². The van der Waals surface area contributed by atoms with E-state index in [2.05, 4.69) is 33.4 Å². The smallest absolute Gasteiger partial charge is 0.133 e. The molecule has 14 heavy (non-hydrogen) atoms. The van der Waals surface area contributed by atoms with Crippen molar-refractivity contribution in [3.63, 3.8) is 0 Å². The van der Waals surface area contributed by atoms with Gasteiger partial charge in [-0.1, -0.05) is 6.07 Å². The molecule has 1 N–H and O–H groups in total. The van der Waals surface area contributed by atoms with Gasteiger partial charge in [0.05, 0.1) is 17.0 Å². The predicted molar refractivity (Wildman–Crippen MR) is 63.9 cm³/mol. The molecular formula is C10H12BrNOS. The fourth-order valence-electron chi connectivity index (χ4n) is 1.49. The van der Waals surface area contributed by atoms with Crippen LogP contribution in [0.3, 0.4) is 0 Å². The van der Waals surface area contributed by atoms with Crippen molar-refractivity contribution in [2.24, 2.45) is 0 Å². The fourth-order valence-corrected chi connectivity index (χ4v) is 3.09. The van der Waals surface area contributed by atoms with Crippen molar-refractivity contribution in [1.82, 2.24) is 5.32 Å². The minimum Gasteiger partial charge on any atom is -0.496 e. The van der Waals surface area contributed by atoms with E-state index >= 15 is 0 Å². The van der Waals surface area contributed by atoms with Crippen LogP contribution in [0.2, 0.25) is 0 Å². The van der Waals surface area contributed by atoms with E-state index in [4.69, 9.17) is 4.74 Å². The van der Waals surface area contributed by atoms with Crippen LogP contribution in [0.25, 0.3) is 0 Å². The Bertz CT molecular complexity index is 326. The summed E-state index contributed by atoms with van der Waals surface area (Å²) in [5.74, 6) is 2.07. The molecule has 0 aliphatic carbocycles. The standard InChI is InChI=1S/C10H12BrNOS/c1-13-9-3-2-7(6-8(9)11)10-12-4-5-14-10/h2-3,6,10,12H,4-5H2,1H3/t10-/m0/s1. The Hall–Kier alpha value is -0.190. The quantitative estimate of drug-likeness (QED) is 0.896. The number of halogens is 1. The van der Waals surface area contributed by atoms with Gasteiger partial charge in [-0.25, -0.2) is 0 Å². The zero-order valence-electron chi connectivity index (χ0n) is 7.92. The Morgan fingerprint density at radius 3 is 3.00 bits per heavy atom. The number of benzene rings is 1. The summed E-state index contributed by atoms with van der Waals surface area (Å²) in [6, 6.07) is 6.23. The first kappa shape index (κ1) is 10.3. The molecule has 1 fully saturated rings. The van der Waals surface area contributed by atoms with E-state index in [-0.39, 0.29) is 0 Å². The molecule has 1 saturated heterocycles. The molecule has 0 amide bonds. The molecule has 4 heteroatoms. The minimum atomic E-state index is 0.442. The van der Waals surface area contributed by atoms with Crippen LogP contribution < -0.4 is 10.1 Å². The van der Waals surface area contributed by atoms with Crippen LogP contribution in [-0.2, 0) is 0 Å². The van der Waals surface area contributed by atoms with Gasteiger partial charge in [0, 0.05) is 12.3 Å². The number of nitrogens with one attached hydrogen (secondary N) is 1. The molecule has 0 radical (unpaired) electrons. The van der Waals surface area contributed by atoms with Crippen molar-refractivity contribution in [2.45, 2.75) is 5.37 Å². The first-order valence-electron chi connectivity index (χ1n) is 4.49. The largest absolute Gasteiger partial charge is 0.496 e. The van der Waals surface area contributed by atoms with E-state index < -0.39 is 0 Å². The summed E-state index contributed by atoms with van der Waals surface area (Å²) in [5, 5.41) is 3.88. The summed E-state index contributed by atoms with van der Waals surface area (Å²) in [6.45, 7) is 1.10. The van der Waals surface area contributed by atoms with E-state index in [9.17, 15) is 0 Å². The second-order valence-corrected chi connectivity index (χ2v) is 5.17. The van der Waals surface area contributed by atoms with Gasteiger partial charge in [-0.05, 0) is 33.6 Å². The first-order valence-corrected chi connectivity index (χ1v) is 6.34. The van der Waals surface area contributed by atoms with Crippen molar-refractivity contribution in [2.75, 3.05) is 19.4 Å². The predicted octanol–water partition coefficient (Wildman–Crippen LogP) is 2.79. The third-order valence-electron chi connectivity index (χ3n) is 2.19. The highest BCUT2D eigenvalue weighted by Gasteiger charge is 2.17. The van der Waals surface area contributed by atoms with Crippen molar-refractivity contribution in [3.8, 4) is 5.75 Å². The highest BCUT2D eigenvalue weighted by molar-refractivity contribution is 9.10. The van der Waals surface area contributed by atoms with Crippen molar-refractivity contribution < 1.29 is 4.74 Å². The van der Waals surface area contributed by atoms with Gasteiger partial charge in [0.15, 0.2) is 0 Å². The summed E-state index contributed by atoms with van der Waals surface area (Å²) in [7, 11) is 1.68. The monoisotopic (exact) mass is 273 g/mol.